The summed E-state index contributed by atoms with van der Waals surface area (Å²) in [5, 5.41) is 10.7. The van der Waals surface area contributed by atoms with Crippen LogP contribution in [0.25, 0.3) is 0 Å². The van der Waals surface area contributed by atoms with Crippen LogP contribution in [0.4, 0.5) is 0 Å². The van der Waals surface area contributed by atoms with Gasteiger partial charge in [-0.2, -0.15) is 0 Å². The highest BCUT2D eigenvalue weighted by molar-refractivity contribution is 5.33. The predicted octanol–water partition coefficient (Wildman–Crippen LogP) is 3.70. The van der Waals surface area contributed by atoms with Gasteiger partial charge >= 0.3 is 0 Å². The summed E-state index contributed by atoms with van der Waals surface area (Å²) in [7, 11) is 0. The maximum absolute atomic E-state index is 10.7. The van der Waals surface area contributed by atoms with Crippen LogP contribution < -0.4 is 0 Å². The third-order valence-electron chi connectivity index (χ3n) is 4.21. The molecule has 1 heteroatoms. The molecule has 1 aromatic carbocycles. The zero-order valence-corrected chi connectivity index (χ0v) is 10.6. The minimum absolute atomic E-state index is 0.556. The monoisotopic (exact) mass is 218 g/mol. The van der Waals surface area contributed by atoms with E-state index in [1.54, 1.807) is 0 Å². The van der Waals surface area contributed by atoms with Crippen LogP contribution >= 0.6 is 0 Å². The number of hydrogen-bond acceptors (Lipinski definition) is 1. The van der Waals surface area contributed by atoms with Crippen LogP contribution in [0.15, 0.2) is 18.2 Å². The Kier molecular flexibility index (Phi) is 3.07. The van der Waals surface area contributed by atoms with Crippen molar-refractivity contribution in [1.82, 2.24) is 0 Å². The van der Waals surface area contributed by atoms with Crippen molar-refractivity contribution in [2.75, 3.05) is 0 Å². The fraction of sp³-hybridized carbons (Fsp3) is 0.600. The molecule has 0 spiro atoms. The van der Waals surface area contributed by atoms with E-state index in [4.69, 9.17) is 0 Å². The first-order chi connectivity index (χ1) is 7.55. The molecule has 1 N–H and O–H groups in total. The van der Waals surface area contributed by atoms with Gasteiger partial charge in [-0.05, 0) is 55.7 Å². The van der Waals surface area contributed by atoms with E-state index in [0.717, 1.165) is 18.4 Å². The summed E-state index contributed by atoms with van der Waals surface area (Å²) in [5.74, 6) is 0.701. The van der Waals surface area contributed by atoms with Crippen molar-refractivity contribution >= 4 is 0 Å². The first kappa shape index (κ1) is 11.7. The average Bonchev–Trinajstić information content (AvgIpc) is 2.66. The molecule has 0 saturated heterocycles. The first-order valence-corrected chi connectivity index (χ1v) is 6.35. The maximum atomic E-state index is 10.7. The first-order valence-electron chi connectivity index (χ1n) is 6.35. The molecule has 0 aliphatic heterocycles. The van der Waals surface area contributed by atoms with Gasteiger partial charge in [-0.25, -0.2) is 0 Å². The molecule has 2 rings (SSSR count). The van der Waals surface area contributed by atoms with Crippen molar-refractivity contribution in [1.29, 1.82) is 0 Å². The van der Waals surface area contributed by atoms with Crippen LogP contribution in [0, 0.1) is 19.8 Å². The fourth-order valence-corrected chi connectivity index (χ4v) is 2.77. The van der Waals surface area contributed by atoms with E-state index < -0.39 is 5.60 Å². The zero-order chi connectivity index (χ0) is 11.8. The Morgan fingerprint density at radius 2 is 2.06 bits per heavy atom. The minimum atomic E-state index is -0.556. The normalized spacial score (nSPS) is 29.6. The van der Waals surface area contributed by atoms with Crippen molar-refractivity contribution in [2.24, 2.45) is 5.92 Å². The van der Waals surface area contributed by atoms with Crippen molar-refractivity contribution in [3.8, 4) is 0 Å². The Labute approximate surface area is 98.5 Å². The highest BCUT2D eigenvalue weighted by atomic mass is 16.3. The average molecular weight is 218 g/mol. The predicted molar refractivity (Wildman–Crippen MR) is 67.4 cm³/mol. The van der Waals surface area contributed by atoms with Crippen LogP contribution in [-0.4, -0.2) is 5.11 Å². The molecule has 1 aliphatic rings. The summed E-state index contributed by atoms with van der Waals surface area (Å²) in [6.07, 6.45) is 4.22. The fourth-order valence-electron chi connectivity index (χ4n) is 2.77. The molecule has 88 valence electrons. The van der Waals surface area contributed by atoms with Gasteiger partial charge in [-0.3, -0.25) is 0 Å². The molecule has 0 bridgehead atoms. The molecule has 0 aromatic heterocycles. The van der Waals surface area contributed by atoms with Gasteiger partial charge in [0.15, 0.2) is 0 Å². The van der Waals surface area contributed by atoms with Crippen molar-refractivity contribution in [3.63, 3.8) is 0 Å². The van der Waals surface area contributed by atoms with Gasteiger partial charge in [0, 0.05) is 0 Å². The van der Waals surface area contributed by atoms with Gasteiger partial charge in [0.05, 0.1) is 5.60 Å². The summed E-state index contributed by atoms with van der Waals surface area (Å²) in [6, 6.07) is 6.38. The smallest absolute Gasteiger partial charge is 0.0899 e. The molecular formula is C15H22O. The lowest BCUT2D eigenvalue weighted by atomic mass is 9.89. The molecule has 2 unspecified atom stereocenters. The van der Waals surface area contributed by atoms with Gasteiger partial charge in [0.1, 0.15) is 0 Å². The highest BCUT2D eigenvalue weighted by Gasteiger charge is 2.37. The largest absolute Gasteiger partial charge is 0.385 e. The van der Waals surface area contributed by atoms with Crippen LogP contribution in [0.3, 0.4) is 0 Å². The van der Waals surface area contributed by atoms with Gasteiger partial charge in [0.25, 0.3) is 0 Å². The number of hydrogen-bond donors (Lipinski definition) is 1. The van der Waals surface area contributed by atoms with Crippen LogP contribution in [-0.2, 0) is 5.60 Å². The minimum Gasteiger partial charge on any atom is -0.385 e. The second kappa shape index (κ2) is 4.21. The Balaban J connectivity index is 2.27. The number of aliphatic hydroxyl groups is 1. The van der Waals surface area contributed by atoms with E-state index in [2.05, 4.69) is 39.0 Å². The quantitative estimate of drug-likeness (QED) is 0.802. The number of aryl methyl sites for hydroxylation is 2. The van der Waals surface area contributed by atoms with Gasteiger partial charge in [0.2, 0.25) is 0 Å². The van der Waals surface area contributed by atoms with E-state index >= 15 is 0 Å². The van der Waals surface area contributed by atoms with Gasteiger partial charge in [-0.15, -0.1) is 0 Å². The third-order valence-corrected chi connectivity index (χ3v) is 4.21. The van der Waals surface area contributed by atoms with E-state index in [0.29, 0.717) is 5.92 Å². The molecule has 1 aliphatic carbocycles. The number of rotatable bonds is 2. The summed E-state index contributed by atoms with van der Waals surface area (Å²) < 4.78 is 0. The molecule has 0 amide bonds. The molecular weight excluding hydrogens is 196 g/mol. The SMILES string of the molecule is CCC1CCC(O)(c2ccc(C)c(C)c2)C1. The second-order valence-corrected chi connectivity index (χ2v) is 5.35. The summed E-state index contributed by atoms with van der Waals surface area (Å²) >= 11 is 0. The Hall–Kier alpha value is -0.820. The standard InChI is InChI=1S/C15H22O/c1-4-13-7-8-15(16,10-13)14-6-5-11(2)12(3)9-14/h5-6,9,13,16H,4,7-8,10H2,1-3H3. The third kappa shape index (κ3) is 2.01. The Morgan fingerprint density at radius 1 is 1.31 bits per heavy atom. The summed E-state index contributed by atoms with van der Waals surface area (Å²) in [4.78, 5) is 0. The van der Waals surface area contributed by atoms with Gasteiger partial charge in [-0.1, -0.05) is 31.5 Å². The zero-order valence-electron chi connectivity index (χ0n) is 10.6. The van der Waals surface area contributed by atoms with Crippen LogP contribution in [0.2, 0.25) is 0 Å². The van der Waals surface area contributed by atoms with Crippen molar-refractivity contribution in [2.45, 2.75) is 52.1 Å². The molecule has 1 saturated carbocycles. The molecule has 16 heavy (non-hydrogen) atoms. The van der Waals surface area contributed by atoms with Crippen molar-refractivity contribution in [3.05, 3.63) is 34.9 Å². The summed E-state index contributed by atoms with van der Waals surface area (Å²) in [5.41, 5.74) is 3.15. The molecule has 2 atom stereocenters. The van der Waals surface area contributed by atoms with E-state index in [-0.39, 0.29) is 0 Å². The van der Waals surface area contributed by atoms with E-state index in [1.807, 2.05) is 0 Å². The maximum Gasteiger partial charge on any atom is 0.0899 e. The van der Waals surface area contributed by atoms with Crippen LogP contribution in [0.5, 0.6) is 0 Å². The van der Waals surface area contributed by atoms with Gasteiger partial charge < -0.3 is 5.11 Å². The molecule has 0 radical (unpaired) electrons. The summed E-state index contributed by atoms with van der Waals surface area (Å²) in [6.45, 7) is 6.46. The number of benzene rings is 1. The molecule has 1 fully saturated rings. The lowest BCUT2D eigenvalue weighted by Crippen LogP contribution is -2.21. The highest BCUT2D eigenvalue weighted by Crippen LogP contribution is 2.43. The topological polar surface area (TPSA) is 20.2 Å². The molecule has 1 nitrogen and oxygen atoms in total. The van der Waals surface area contributed by atoms with E-state index in [1.165, 1.54) is 24.0 Å². The lowest BCUT2D eigenvalue weighted by Gasteiger charge is -2.24. The molecule has 0 heterocycles. The van der Waals surface area contributed by atoms with E-state index in [9.17, 15) is 5.11 Å². The molecule has 1 aromatic rings. The van der Waals surface area contributed by atoms with Crippen LogP contribution in [0.1, 0.15) is 49.3 Å². The van der Waals surface area contributed by atoms with Crippen molar-refractivity contribution < 1.29 is 5.11 Å². The lowest BCUT2D eigenvalue weighted by molar-refractivity contribution is 0.0397. The Bertz CT molecular complexity index is 383. The second-order valence-electron chi connectivity index (χ2n) is 5.35. The Morgan fingerprint density at radius 3 is 2.62 bits per heavy atom.